The van der Waals surface area contributed by atoms with E-state index in [1.807, 2.05) is 0 Å². The first-order valence-corrected chi connectivity index (χ1v) is 7.66. The third kappa shape index (κ3) is 3.14. The summed E-state index contributed by atoms with van der Waals surface area (Å²) in [6.45, 7) is 0.203. The van der Waals surface area contributed by atoms with Crippen LogP contribution in [0.1, 0.15) is 16.8 Å². The number of carboxylic acid groups (broad SMARTS) is 1. The van der Waals surface area contributed by atoms with Crippen LogP contribution in [0, 0.1) is 0 Å². The minimum absolute atomic E-state index is 0.143. The minimum atomic E-state index is -4.07. The standard InChI is InChI=1S/C12H15N3O5S/c13-8-2-3-10(9(6-8)12(17)18)21(19,20)15-5-1-4-14-11(16)7-15/h2-3,6H,1,4-5,7,13H2,(H,14,16)(H,17,18). The van der Waals surface area contributed by atoms with Crippen LogP contribution in [0.4, 0.5) is 5.69 Å². The molecule has 0 bridgehead atoms. The molecule has 0 spiro atoms. The highest BCUT2D eigenvalue weighted by molar-refractivity contribution is 7.89. The van der Waals surface area contributed by atoms with Crippen molar-refractivity contribution in [2.24, 2.45) is 0 Å². The second-order valence-electron chi connectivity index (χ2n) is 4.60. The normalized spacial score (nSPS) is 17.0. The van der Waals surface area contributed by atoms with Gasteiger partial charge in [-0.1, -0.05) is 0 Å². The Kier molecular flexibility index (Phi) is 4.14. The summed E-state index contributed by atoms with van der Waals surface area (Å²) < 4.78 is 26.1. The molecular weight excluding hydrogens is 298 g/mol. The Bertz CT molecular complexity index is 686. The first kappa shape index (κ1) is 15.3. The SMILES string of the molecule is Nc1ccc(S(=O)(=O)N2CCCNC(=O)C2)c(C(=O)O)c1. The number of carbonyl (C=O) groups is 2. The second-order valence-corrected chi connectivity index (χ2v) is 6.51. The van der Waals surface area contributed by atoms with Crippen molar-refractivity contribution in [1.29, 1.82) is 0 Å². The Hall–Kier alpha value is -2.13. The van der Waals surface area contributed by atoms with Gasteiger partial charge < -0.3 is 16.2 Å². The monoisotopic (exact) mass is 313 g/mol. The third-order valence-electron chi connectivity index (χ3n) is 3.08. The average molecular weight is 313 g/mol. The van der Waals surface area contributed by atoms with Crippen LogP contribution in [0.5, 0.6) is 0 Å². The predicted molar refractivity (Wildman–Crippen MR) is 74.2 cm³/mol. The molecule has 9 heteroatoms. The highest BCUT2D eigenvalue weighted by atomic mass is 32.2. The topological polar surface area (TPSA) is 130 Å². The lowest BCUT2D eigenvalue weighted by Gasteiger charge is -2.20. The molecule has 1 amide bonds. The lowest BCUT2D eigenvalue weighted by molar-refractivity contribution is -0.120. The minimum Gasteiger partial charge on any atom is -0.478 e. The maximum Gasteiger partial charge on any atom is 0.337 e. The fourth-order valence-electron chi connectivity index (χ4n) is 2.06. The molecule has 4 N–H and O–H groups in total. The van der Waals surface area contributed by atoms with Gasteiger partial charge in [0.2, 0.25) is 15.9 Å². The Morgan fingerprint density at radius 2 is 2.10 bits per heavy atom. The number of amides is 1. The van der Waals surface area contributed by atoms with Crippen molar-refractivity contribution in [2.75, 3.05) is 25.4 Å². The van der Waals surface area contributed by atoms with Gasteiger partial charge in [-0.3, -0.25) is 4.79 Å². The second kappa shape index (κ2) is 5.70. The predicted octanol–water partition coefficient (Wildman–Crippen LogP) is -0.522. The van der Waals surface area contributed by atoms with E-state index in [2.05, 4.69) is 5.32 Å². The Balaban J connectivity index is 2.48. The van der Waals surface area contributed by atoms with Crippen molar-refractivity contribution in [2.45, 2.75) is 11.3 Å². The molecular formula is C12H15N3O5S. The van der Waals surface area contributed by atoms with Gasteiger partial charge in [-0.25, -0.2) is 13.2 Å². The van der Waals surface area contributed by atoms with Crippen LogP contribution in [-0.2, 0) is 14.8 Å². The molecule has 0 atom stereocenters. The van der Waals surface area contributed by atoms with Crippen molar-refractivity contribution in [3.63, 3.8) is 0 Å². The molecule has 1 saturated heterocycles. The number of nitrogen functional groups attached to an aromatic ring is 1. The number of carboxylic acids is 1. The largest absolute Gasteiger partial charge is 0.478 e. The smallest absolute Gasteiger partial charge is 0.337 e. The molecule has 0 aromatic heterocycles. The molecule has 21 heavy (non-hydrogen) atoms. The average Bonchev–Trinajstić information content (AvgIpc) is 2.63. The van der Waals surface area contributed by atoms with Gasteiger partial charge in [0.25, 0.3) is 0 Å². The molecule has 1 aliphatic rings. The maximum atomic E-state index is 12.6. The summed E-state index contributed by atoms with van der Waals surface area (Å²) in [6.07, 6.45) is 0.461. The Labute approximate surface area is 121 Å². The first-order valence-electron chi connectivity index (χ1n) is 6.22. The third-order valence-corrected chi connectivity index (χ3v) is 4.98. The molecule has 0 radical (unpaired) electrons. The molecule has 0 aliphatic carbocycles. The number of carbonyl (C=O) groups excluding carboxylic acids is 1. The highest BCUT2D eigenvalue weighted by Crippen LogP contribution is 2.23. The van der Waals surface area contributed by atoms with Crippen molar-refractivity contribution in [3.8, 4) is 0 Å². The maximum absolute atomic E-state index is 12.6. The van der Waals surface area contributed by atoms with E-state index in [-0.39, 0.29) is 23.7 Å². The van der Waals surface area contributed by atoms with Crippen LogP contribution >= 0.6 is 0 Å². The molecule has 114 valence electrons. The summed E-state index contributed by atoms with van der Waals surface area (Å²) in [4.78, 5) is 22.3. The number of rotatable bonds is 3. The zero-order chi connectivity index (χ0) is 15.6. The van der Waals surface area contributed by atoms with Gasteiger partial charge in [-0.15, -0.1) is 0 Å². The van der Waals surface area contributed by atoms with E-state index in [4.69, 9.17) is 10.8 Å². The molecule has 1 aromatic carbocycles. The number of hydrogen-bond acceptors (Lipinski definition) is 5. The number of anilines is 1. The zero-order valence-electron chi connectivity index (χ0n) is 11.1. The molecule has 0 saturated carbocycles. The fraction of sp³-hybridized carbons (Fsp3) is 0.333. The number of sulfonamides is 1. The van der Waals surface area contributed by atoms with E-state index in [9.17, 15) is 18.0 Å². The summed E-state index contributed by atoms with van der Waals surface area (Å²) >= 11 is 0. The molecule has 2 rings (SSSR count). The van der Waals surface area contributed by atoms with E-state index < -0.39 is 27.5 Å². The highest BCUT2D eigenvalue weighted by Gasteiger charge is 2.31. The lowest BCUT2D eigenvalue weighted by atomic mass is 10.2. The zero-order valence-corrected chi connectivity index (χ0v) is 11.9. The van der Waals surface area contributed by atoms with E-state index in [1.54, 1.807) is 0 Å². The summed E-state index contributed by atoms with van der Waals surface area (Å²) in [6, 6.07) is 3.56. The van der Waals surface area contributed by atoms with Crippen LogP contribution in [0.25, 0.3) is 0 Å². The van der Waals surface area contributed by atoms with Gasteiger partial charge in [0.15, 0.2) is 0 Å². The van der Waals surface area contributed by atoms with Gasteiger partial charge >= 0.3 is 5.97 Å². The Morgan fingerprint density at radius 1 is 1.38 bits per heavy atom. The van der Waals surface area contributed by atoms with Gasteiger partial charge in [0.1, 0.15) is 0 Å². The summed E-state index contributed by atoms with van der Waals surface area (Å²) in [7, 11) is -4.07. The Morgan fingerprint density at radius 3 is 2.76 bits per heavy atom. The molecule has 1 aromatic rings. The van der Waals surface area contributed by atoms with E-state index in [0.29, 0.717) is 13.0 Å². The number of hydrogen-bond donors (Lipinski definition) is 3. The van der Waals surface area contributed by atoms with Crippen molar-refractivity contribution in [3.05, 3.63) is 23.8 Å². The quantitative estimate of drug-likeness (QED) is 0.644. The van der Waals surface area contributed by atoms with E-state index in [0.717, 1.165) is 16.4 Å². The van der Waals surface area contributed by atoms with Crippen molar-refractivity contribution in [1.82, 2.24) is 9.62 Å². The van der Waals surface area contributed by atoms with Crippen LogP contribution in [0.15, 0.2) is 23.1 Å². The fourth-order valence-corrected chi connectivity index (χ4v) is 3.66. The van der Waals surface area contributed by atoms with Crippen molar-refractivity contribution >= 4 is 27.6 Å². The van der Waals surface area contributed by atoms with Crippen LogP contribution in [0.2, 0.25) is 0 Å². The first-order chi connectivity index (χ1) is 9.82. The molecule has 1 aliphatic heterocycles. The summed E-state index contributed by atoms with van der Waals surface area (Å²) in [5, 5.41) is 11.7. The van der Waals surface area contributed by atoms with Crippen molar-refractivity contribution < 1.29 is 23.1 Å². The van der Waals surface area contributed by atoms with Gasteiger partial charge in [-0.2, -0.15) is 4.31 Å². The summed E-state index contributed by atoms with van der Waals surface area (Å²) in [5.74, 6) is -1.80. The van der Waals surface area contributed by atoms with Crippen LogP contribution in [-0.4, -0.2) is 49.3 Å². The molecule has 1 heterocycles. The number of benzene rings is 1. The van der Waals surface area contributed by atoms with E-state index in [1.165, 1.54) is 6.07 Å². The lowest BCUT2D eigenvalue weighted by Crippen LogP contribution is -2.37. The van der Waals surface area contributed by atoms with Gasteiger partial charge in [0.05, 0.1) is 17.0 Å². The number of aromatic carboxylic acids is 1. The number of nitrogens with two attached hydrogens (primary N) is 1. The van der Waals surface area contributed by atoms with Crippen LogP contribution in [0.3, 0.4) is 0 Å². The van der Waals surface area contributed by atoms with Gasteiger partial charge in [0, 0.05) is 18.8 Å². The molecule has 1 fully saturated rings. The van der Waals surface area contributed by atoms with E-state index >= 15 is 0 Å². The summed E-state index contributed by atoms with van der Waals surface area (Å²) in [5.41, 5.74) is 5.25. The van der Waals surface area contributed by atoms with Gasteiger partial charge in [-0.05, 0) is 24.6 Å². The van der Waals surface area contributed by atoms with Crippen LogP contribution < -0.4 is 11.1 Å². The molecule has 8 nitrogen and oxygen atoms in total. The number of nitrogens with zero attached hydrogens (tertiary/aromatic N) is 1. The molecule has 0 unspecified atom stereocenters. The number of nitrogens with one attached hydrogen (secondary N) is 1.